The summed E-state index contributed by atoms with van der Waals surface area (Å²) in [7, 11) is 0. The minimum absolute atomic E-state index is 0.183. The van der Waals surface area contributed by atoms with E-state index in [0.717, 1.165) is 32.1 Å². The molecule has 0 aliphatic heterocycles. The number of hydrogen-bond donors (Lipinski definition) is 0. The van der Waals surface area contributed by atoms with E-state index in [2.05, 4.69) is 13.0 Å². The van der Waals surface area contributed by atoms with Crippen LogP contribution < -0.4 is 0 Å². The van der Waals surface area contributed by atoms with Gasteiger partial charge < -0.3 is 0 Å². The summed E-state index contributed by atoms with van der Waals surface area (Å²) in [5.41, 5.74) is 4.72. The largest absolute Gasteiger partial charge is 0.300 e. The second-order valence-electron chi connectivity index (χ2n) is 8.16. The molecule has 4 aliphatic rings. The van der Waals surface area contributed by atoms with E-state index in [-0.39, 0.29) is 11.3 Å². The molecule has 1 saturated carbocycles. The number of ketones is 2. The minimum atomic E-state index is 0.183. The van der Waals surface area contributed by atoms with Gasteiger partial charge in [0, 0.05) is 18.8 Å². The van der Waals surface area contributed by atoms with Crippen LogP contribution in [0.5, 0.6) is 0 Å². The second kappa shape index (κ2) is 4.91. The summed E-state index contributed by atoms with van der Waals surface area (Å²) in [5.74, 6) is 2.40. The third kappa shape index (κ3) is 1.92. The first-order chi connectivity index (χ1) is 10.5. The standard InChI is InChI=1S/C20H26O2/c1-12(21)18-7-8-19-17-5-3-13-11-14(22)4-6-15(13)16(17)9-10-20(18,19)2/h9,17-19H,3-8,10-11H2,1-2H3. The predicted octanol–water partition coefficient (Wildman–Crippen LogP) is 4.40. The Bertz CT molecular complexity index is 609. The van der Waals surface area contributed by atoms with Crippen LogP contribution in [0.1, 0.15) is 65.2 Å². The van der Waals surface area contributed by atoms with Crippen LogP contribution in [0.15, 0.2) is 22.8 Å². The van der Waals surface area contributed by atoms with Crippen molar-refractivity contribution >= 4 is 11.6 Å². The van der Waals surface area contributed by atoms with Crippen molar-refractivity contribution in [3.8, 4) is 0 Å². The lowest BCUT2D eigenvalue weighted by atomic mass is 9.57. The third-order valence-corrected chi connectivity index (χ3v) is 7.14. The quantitative estimate of drug-likeness (QED) is 0.719. The molecule has 0 aromatic heterocycles. The van der Waals surface area contributed by atoms with Crippen molar-refractivity contribution in [1.82, 2.24) is 0 Å². The Labute approximate surface area is 133 Å². The van der Waals surface area contributed by atoms with Gasteiger partial charge in [-0.15, -0.1) is 0 Å². The molecule has 2 nitrogen and oxygen atoms in total. The first kappa shape index (κ1) is 14.4. The Hall–Kier alpha value is -1.18. The van der Waals surface area contributed by atoms with Crippen molar-refractivity contribution in [2.45, 2.75) is 65.2 Å². The SMILES string of the molecule is CC(=O)C1CCC2C3CCC4=C(CCC(=O)C4)C3=CCC12C. The van der Waals surface area contributed by atoms with Gasteiger partial charge in [-0.25, -0.2) is 0 Å². The van der Waals surface area contributed by atoms with Gasteiger partial charge in [-0.3, -0.25) is 9.59 Å². The highest BCUT2D eigenvalue weighted by Gasteiger charge is 2.53. The fourth-order valence-corrected chi connectivity index (χ4v) is 6.08. The first-order valence-electron chi connectivity index (χ1n) is 8.94. The lowest BCUT2D eigenvalue weighted by molar-refractivity contribution is -0.124. The van der Waals surface area contributed by atoms with Gasteiger partial charge >= 0.3 is 0 Å². The number of carbonyl (C=O) groups is 2. The zero-order valence-corrected chi connectivity index (χ0v) is 13.8. The molecule has 0 radical (unpaired) electrons. The number of allylic oxidation sites excluding steroid dienone is 4. The van der Waals surface area contributed by atoms with E-state index in [1.807, 2.05) is 0 Å². The fourth-order valence-electron chi connectivity index (χ4n) is 6.08. The second-order valence-corrected chi connectivity index (χ2v) is 8.16. The average Bonchev–Trinajstić information content (AvgIpc) is 2.84. The van der Waals surface area contributed by atoms with E-state index in [1.54, 1.807) is 12.5 Å². The van der Waals surface area contributed by atoms with Gasteiger partial charge in [-0.05, 0) is 73.8 Å². The van der Waals surface area contributed by atoms with Gasteiger partial charge in [0.2, 0.25) is 0 Å². The molecule has 0 spiro atoms. The maximum Gasteiger partial charge on any atom is 0.137 e. The molecular formula is C20H26O2. The Morgan fingerprint density at radius 1 is 1.18 bits per heavy atom. The van der Waals surface area contributed by atoms with Crippen molar-refractivity contribution in [2.75, 3.05) is 0 Å². The zero-order chi connectivity index (χ0) is 15.5. The van der Waals surface area contributed by atoms with E-state index in [1.165, 1.54) is 24.0 Å². The van der Waals surface area contributed by atoms with Crippen LogP contribution in [0.2, 0.25) is 0 Å². The van der Waals surface area contributed by atoms with Crippen molar-refractivity contribution in [1.29, 1.82) is 0 Å². The molecule has 22 heavy (non-hydrogen) atoms. The van der Waals surface area contributed by atoms with Crippen LogP contribution >= 0.6 is 0 Å². The monoisotopic (exact) mass is 298 g/mol. The highest BCUT2D eigenvalue weighted by Crippen LogP contribution is 2.61. The highest BCUT2D eigenvalue weighted by molar-refractivity contribution is 5.83. The predicted molar refractivity (Wildman–Crippen MR) is 86.3 cm³/mol. The molecule has 0 N–H and O–H groups in total. The van der Waals surface area contributed by atoms with Gasteiger partial charge in [0.15, 0.2) is 0 Å². The summed E-state index contributed by atoms with van der Waals surface area (Å²) >= 11 is 0. The molecule has 4 aliphatic carbocycles. The van der Waals surface area contributed by atoms with Crippen LogP contribution in [-0.4, -0.2) is 11.6 Å². The van der Waals surface area contributed by atoms with Crippen LogP contribution in [-0.2, 0) is 9.59 Å². The summed E-state index contributed by atoms with van der Waals surface area (Å²) in [4.78, 5) is 23.8. The van der Waals surface area contributed by atoms with E-state index in [9.17, 15) is 9.59 Å². The number of fused-ring (bicyclic) bond motifs is 4. The molecule has 118 valence electrons. The number of Topliss-reactive ketones (excluding diaryl/α,β-unsaturated/α-hetero) is 2. The van der Waals surface area contributed by atoms with Gasteiger partial charge in [-0.2, -0.15) is 0 Å². The Morgan fingerprint density at radius 2 is 2.00 bits per heavy atom. The zero-order valence-electron chi connectivity index (χ0n) is 13.8. The van der Waals surface area contributed by atoms with Gasteiger partial charge in [0.25, 0.3) is 0 Å². The normalized spacial score (nSPS) is 40.7. The molecule has 4 rings (SSSR count). The summed E-state index contributed by atoms with van der Waals surface area (Å²) in [5, 5.41) is 0. The van der Waals surface area contributed by atoms with Gasteiger partial charge in [-0.1, -0.05) is 18.6 Å². The van der Waals surface area contributed by atoms with Crippen LogP contribution in [0.3, 0.4) is 0 Å². The Kier molecular flexibility index (Phi) is 3.22. The van der Waals surface area contributed by atoms with Gasteiger partial charge in [0.1, 0.15) is 11.6 Å². The summed E-state index contributed by atoms with van der Waals surface area (Å²) in [6.45, 7) is 4.14. The van der Waals surface area contributed by atoms with Crippen LogP contribution in [0.4, 0.5) is 0 Å². The molecular weight excluding hydrogens is 272 g/mol. The number of carbonyl (C=O) groups excluding carboxylic acids is 2. The summed E-state index contributed by atoms with van der Waals surface area (Å²) in [6.07, 6.45) is 10.5. The van der Waals surface area contributed by atoms with E-state index < -0.39 is 0 Å². The molecule has 0 bridgehead atoms. The fraction of sp³-hybridized carbons (Fsp3) is 0.700. The maximum absolute atomic E-state index is 12.1. The average molecular weight is 298 g/mol. The number of hydrogen-bond acceptors (Lipinski definition) is 2. The van der Waals surface area contributed by atoms with E-state index in [0.29, 0.717) is 29.8 Å². The van der Waals surface area contributed by atoms with Crippen molar-refractivity contribution in [3.63, 3.8) is 0 Å². The molecule has 1 fully saturated rings. The topological polar surface area (TPSA) is 34.1 Å². The molecule has 4 unspecified atom stereocenters. The van der Waals surface area contributed by atoms with E-state index in [4.69, 9.17) is 0 Å². The molecule has 0 aromatic carbocycles. The summed E-state index contributed by atoms with van der Waals surface area (Å²) in [6, 6.07) is 0. The minimum Gasteiger partial charge on any atom is -0.300 e. The van der Waals surface area contributed by atoms with Crippen LogP contribution in [0, 0.1) is 23.2 Å². The van der Waals surface area contributed by atoms with Gasteiger partial charge in [0.05, 0.1) is 0 Å². The smallest absolute Gasteiger partial charge is 0.137 e. The Morgan fingerprint density at radius 3 is 2.77 bits per heavy atom. The third-order valence-electron chi connectivity index (χ3n) is 7.14. The molecule has 0 aromatic rings. The molecule has 4 atom stereocenters. The Balaban J connectivity index is 1.71. The highest BCUT2D eigenvalue weighted by atomic mass is 16.1. The van der Waals surface area contributed by atoms with Crippen molar-refractivity contribution in [3.05, 3.63) is 22.8 Å². The van der Waals surface area contributed by atoms with Crippen molar-refractivity contribution < 1.29 is 9.59 Å². The maximum atomic E-state index is 12.1. The van der Waals surface area contributed by atoms with Crippen LogP contribution in [0.25, 0.3) is 0 Å². The molecule has 2 heteroatoms. The van der Waals surface area contributed by atoms with Crippen molar-refractivity contribution in [2.24, 2.45) is 23.2 Å². The lowest BCUT2D eigenvalue weighted by Gasteiger charge is -2.47. The first-order valence-corrected chi connectivity index (χ1v) is 8.94. The molecule has 0 amide bonds. The molecule has 0 saturated heterocycles. The van der Waals surface area contributed by atoms with E-state index >= 15 is 0 Å². The number of rotatable bonds is 1. The lowest BCUT2D eigenvalue weighted by Crippen LogP contribution is -2.40. The molecule has 0 heterocycles. The summed E-state index contributed by atoms with van der Waals surface area (Å²) < 4.78 is 0.